The van der Waals surface area contributed by atoms with Crippen molar-refractivity contribution in [1.29, 1.82) is 0 Å². The van der Waals surface area contributed by atoms with Crippen molar-refractivity contribution in [3.8, 4) is 79.0 Å². The Balaban J connectivity index is 0.000000216. The van der Waals surface area contributed by atoms with Gasteiger partial charge in [-0.1, -0.05) is 190 Å². The molecule has 0 aliphatic heterocycles. The largest absolute Gasteiger partial charge is 0.507 e. The summed E-state index contributed by atoms with van der Waals surface area (Å²) in [6.45, 7) is 13.4. The van der Waals surface area contributed by atoms with Crippen molar-refractivity contribution in [2.24, 2.45) is 0 Å². The highest BCUT2D eigenvalue weighted by atomic mass is 79.9. The first kappa shape index (κ1) is 78.2. The highest BCUT2D eigenvalue weighted by Crippen LogP contribution is 2.46. The lowest BCUT2D eigenvalue weighted by Gasteiger charge is -2.17. The lowest BCUT2D eigenvalue weighted by molar-refractivity contribution is 0.417. The van der Waals surface area contributed by atoms with E-state index in [4.69, 9.17) is 32.7 Å². The lowest BCUT2D eigenvalue weighted by atomic mass is 9.90. The van der Waals surface area contributed by atoms with E-state index in [0.717, 1.165) is 88.1 Å². The molecule has 12 aromatic carbocycles. The van der Waals surface area contributed by atoms with Gasteiger partial charge in [0, 0.05) is 33.4 Å². The molecule has 0 aliphatic carbocycles. The van der Waals surface area contributed by atoms with Crippen LogP contribution < -0.4 is 9.47 Å². The summed E-state index contributed by atoms with van der Waals surface area (Å²) in [7, 11) is 3.57. The van der Waals surface area contributed by atoms with Gasteiger partial charge in [-0.2, -0.15) is 0 Å². The van der Waals surface area contributed by atoms with E-state index < -0.39 is 0 Å². The normalized spacial score (nSPS) is 11.2. The first-order valence-corrected chi connectivity index (χ1v) is 40.1. The molecule has 0 aromatic heterocycles. The highest BCUT2D eigenvalue weighted by molar-refractivity contribution is 9.69. The molecule has 0 unspecified atom stereocenters. The van der Waals surface area contributed by atoms with Gasteiger partial charge < -0.3 is 29.9 Å². The molecular formula is C89H98BBr3Cl2O6. The van der Waals surface area contributed by atoms with Crippen molar-refractivity contribution in [2.45, 2.75) is 170 Å². The summed E-state index contributed by atoms with van der Waals surface area (Å²) in [4.78, 5) is 0. The fourth-order valence-electron chi connectivity index (χ4n) is 14.1. The Morgan fingerprint density at radius 1 is 0.287 bits per heavy atom. The molecule has 0 aliphatic rings. The van der Waals surface area contributed by atoms with Crippen LogP contribution in [0.25, 0.3) is 109 Å². The minimum Gasteiger partial charge on any atom is -0.507 e. The molecule has 0 heterocycles. The molecule has 0 bridgehead atoms. The topological polar surface area (TPSA) is 99.4 Å². The fraction of sp³-hybridized carbons (Fsp3) is 0.326. The van der Waals surface area contributed by atoms with Crippen LogP contribution in [0.5, 0.6) is 34.5 Å². The van der Waals surface area contributed by atoms with E-state index in [0.29, 0.717) is 33.0 Å². The van der Waals surface area contributed by atoms with Crippen LogP contribution in [0.1, 0.15) is 164 Å². The van der Waals surface area contributed by atoms with E-state index in [1.165, 1.54) is 161 Å². The van der Waals surface area contributed by atoms with Crippen molar-refractivity contribution < 1.29 is 29.9 Å². The van der Waals surface area contributed by atoms with Crippen LogP contribution in [-0.4, -0.2) is 43.2 Å². The Morgan fingerprint density at radius 3 is 0.802 bits per heavy atom. The summed E-state index contributed by atoms with van der Waals surface area (Å²) < 4.78 is 12.3. The minimum atomic E-state index is 0.0283. The number of benzene rings is 12. The monoisotopic (exact) mass is 1580 g/mol. The Labute approximate surface area is 634 Å². The van der Waals surface area contributed by atoms with Crippen molar-refractivity contribution in [3.05, 3.63) is 203 Å². The minimum absolute atomic E-state index is 0.0283. The first-order chi connectivity index (χ1) is 48.9. The second-order valence-corrected chi connectivity index (χ2v) is 34.2. The Kier molecular flexibility index (Phi) is 29.9. The fourth-order valence-corrected chi connectivity index (χ4v) is 14.1. The lowest BCUT2D eigenvalue weighted by Crippen LogP contribution is -1.94. The molecule has 0 fully saturated rings. The second kappa shape index (κ2) is 38.6. The zero-order valence-corrected chi connectivity index (χ0v) is 66.4. The van der Waals surface area contributed by atoms with E-state index in [1.54, 1.807) is 50.6 Å². The zero-order valence-electron chi connectivity index (χ0n) is 60.1. The Bertz CT molecular complexity index is 4630. The van der Waals surface area contributed by atoms with E-state index >= 15 is 0 Å². The van der Waals surface area contributed by atoms with Crippen LogP contribution in [0.15, 0.2) is 170 Å². The molecule has 0 amide bonds. The summed E-state index contributed by atoms with van der Waals surface area (Å²) in [5, 5.41) is 57.4. The predicted molar refractivity (Wildman–Crippen MR) is 449 cm³/mol. The maximum absolute atomic E-state index is 11.2. The number of hydrogen-bond donors (Lipinski definition) is 4. The summed E-state index contributed by atoms with van der Waals surface area (Å²) in [5.41, 5.74) is 14.6. The predicted octanol–water partition coefficient (Wildman–Crippen LogP) is 28.5. The zero-order chi connectivity index (χ0) is 72.1. The molecule has 12 rings (SSSR count). The molecule has 0 atom stereocenters. The number of ether oxygens (including phenoxy) is 2. The number of unbranched alkanes of at least 4 members (excludes halogenated alkanes) is 12. The summed E-state index contributed by atoms with van der Waals surface area (Å²) in [6, 6.07) is 59.2. The number of alkyl halides is 2. The van der Waals surface area contributed by atoms with Gasteiger partial charge in [0.15, 0.2) is 0 Å². The molecule has 6 nitrogen and oxygen atoms in total. The number of phenolic OH excluding ortho intramolecular Hbond substituents is 4. The van der Waals surface area contributed by atoms with E-state index in [-0.39, 0.29) is 31.5 Å². The third kappa shape index (κ3) is 20.7. The standard InChI is InChI=1S/C46H52O2.C42H44O4.CH2Cl2.BBr3/c1-7-9-11-13-15-33-17-19-35-25-41(31(3)21-37(35)23-33)44-28-38-22-32(4)42(27-40(38)30-46(44)48-6)43-26-36-20-18-34(16-14-12-10-8-2)24-39(36)29-45(43)47-5;1-3-5-7-9-11-27-13-15-29-19-35(39(43)23-31(29)17-27)37-21-33-26-42(46)38(22-34(33)25-41(37)45)36-20-30-16-14-28(12-10-8-6-4-2)18-32(30)24-40(36)44;2-1-3;2-1(3)4/h17-30H,7-16H2,1-6H3;13-26,43-46H,3-12H2,1-2H3;1H2;. The summed E-state index contributed by atoms with van der Waals surface area (Å²) in [5.74, 6) is 2.05. The first-order valence-electron chi connectivity index (χ1n) is 36.2. The Hall–Kier alpha value is -6.92. The summed E-state index contributed by atoms with van der Waals surface area (Å²) >= 11 is 18.8. The number of methoxy groups -OCH3 is 2. The van der Waals surface area contributed by atoms with Gasteiger partial charge in [0.25, 0.3) is 0 Å². The van der Waals surface area contributed by atoms with Crippen molar-refractivity contribution in [2.75, 3.05) is 19.6 Å². The number of rotatable bonds is 26. The van der Waals surface area contributed by atoms with Gasteiger partial charge in [-0.15, -0.1) is 70.5 Å². The molecular weight excluding hydrogens is 1490 g/mol. The molecule has 528 valence electrons. The molecule has 12 aromatic rings. The maximum atomic E-state index is 11.2. The molecule has 0 spiro atoms. The van der Waals surface area contributed by atoms with E-state index in [1.807, 2.05) is 12.1 Å². The van der Waals surface area contributed by atoms with Crippen LogP contribution >= 0.6 is 70.5 Å². The molecule has 101 heavy (non-hydrogen) atoms. The van der Waals surface area contributed by atoms with Gasteiger partial charge in [0.05, 0.1) is 19.6 Å². The summed E-state index contributed by atoms with van der Waals surface area (Å²) in [6.07, 6.45) is 24.3. The quantitative estimate of drug-likeness (QED) is 0.0245. The third-order valence-corrected chi connectivity index (χ3v) is 19.5. The molecule has 0 saturated carbocycles. The second-order valence-electron chi connectivity index (χ2n) is 26.9. The van der Waals surface area contributed by atoms with Crippen LogP contribution in [0.3, 0.4) is 0 Å². The number of aryl methyl sites for hydroxylation is 6. The highest BCUT2D eigenvalue weighted by Gasteiger charge is 2.20. The van der Waals surface area contributed by atoms with Gasteiger partial charge in [0.1, 0.15) is 34.5 Å². The number of phenols is 4. The van der Waals surface area contributed by atoms with Gasteiger partial charge in [-0.3, -0.25) is 0 Å². The number of hydrogen-bond acceptors (Lipinski definition) is 6. The van der Waals surface area contributed by atoms with Gasteiger partial charge >= 0.3 is 3.18 Å². The average molecular weight is 1590 g/mol. The Morgan fingerprint density at radius 2 is 0.505 bits per heavy atom. The van der Waals surface area contributed by atoms with Crippen molar-refractivity contribution in [1.82, 2.24) is 0 Å². The number of fused-ring (bicyclic) bond motifs is 6. The van der Waals surface area contributed by atoms with Crippen molar-refractivity contribution in [3.63, 3.8) is 0 Å². The number of halogens is 5. The third-order valence-electron chi connectivity index (χ3n) is 19.5. The van der Waals surface area contributed by atoms with Gasteiger partial charge in [-0.05, 0) is 259 Å². The molecule has 4 N–H and O–H groups in total. The van der Waals surface area contributed by atoms with Crippen LogP contribution in [0.2, 0.25) is 0 Å². The maximum Gasteiger partial charge on any atom is 0.369 e. The SMILES string of the molecule is BrB(Br)Br.CCCCCCc1ccc2cc(-c3cc4cc(C)c(-c5cc6ccc(CCCCCC)cc6cc5OC)cc4cc3OC)c(C)cc2c1.CCCCCCc1ccc2cc(-c3cc4cc(O)c(-c5cc6ccc(CCCCCC)cc6cc5O)cc4cc3O)c(O)cc2c1.ClCCl. The van der Waals surface area contributed by atoms with E-state index in [9.17, 15) is 20.4 Å². The van der Waals surface area contributed by atoms with E-state index in [2.05, 4.69) is 210 Å². The van der Waals surface area contributed by atoms with Crippen LogP contribution in [0, 0.1) is 13.8 Å². The average Bonchev–Trinajstić information content (AvgIpc) is 0.768. The molecule has 12 heteroatoms. The smallest absolute Gasteiger partial charge is 0.369 e. The van der Waals surface area contributed by atoms with Gasteiger partial charge in [-0.25, -0.2) is 0 Å². The van der Waals surface area contributed by atoms with Gasteiger partial charge in [0.2, 0.25) is 0 Å². The molecule has 0 saturated heterocycles. The van der Waals surface area contributed by atoms with Crippen LogP contribution in [-0.2, 0) is 25.7 Å². The molecule has 0 radical (unpaired) electrons. The van der Waals surface area contributed by atoms with Crippen molar-refractivity contribution >= 4 is 138 Å². The number of aromatic hydroxyl groups is 4. The van der Waals surface area contributed by atoms with Crippen LogP contribution in [0.4, 0.5) is 0 Å².